The lowest BCUT2D eigenvalue weighted by atomic mass is 9.92. The van der Waals surface area contributed by atoms with Crippen LogP contribution in [0.25, 0.3) is 0 Å². The molecule has 0 atom stereocenters. The number of rotatable bonds is 4. The average Bonchev–Trinajstić information content (AvgIpc) is 2.55. The second-order valence-electron chi connectivity index (χ2n) is 7.77. The van der Waals surface area contributed by atoms with Gasteiger partial charge in [-0.25, -0.2) is 0 Å². The van der Waals surface area contributed by atoms with Crippen LogP contribution in [0.3, 0.4) is 0 Å². The van der Waals surface area contributed by atoms with Crippen molar-refractivity contribution >= 4 is 11.8 Å². The highest BCUT2D eigenvalue weighted by Crippen LogP contribution is 2.23. The molecule has 24 heavy (non-hydrogen) atoms. The Kier molecular flexibility index (Phi) is 6.84. The minimum Gasteiger partial charge on any atom is -0.343 e. The lowest BCUT2D eigenvalue weighted by Crippen LogP contribution is -2.45. The van der Waals surface area contributed by atoms with E-state index >= 15 is 0 Å². The van der Waals surface area contributed by atoms with Crippen LogP contribution in [-0.2, 0) is 9.59 Å². The second kappa shape index (κ2) is 8.65. The van der Waals surface area contributed by atoms with Crippen molar-refractivity contribution in [3.8, 4) is 0 Å². The van der Waals surface area contributed by atoms with Gasteiger partial charge in [0.1, 0.15) is 0 Å². The molecule has 0 aromatic heterocycles. The molecule has 0 saturated carbocycles. The van der Waals surface area contributed by atoms with E-state index in [4.69, 9.17) is 0 Å². The third-order valence-corrected chi connectivity index (χ3v) is 5.35. The first kappa shape index (κ1) is 19.0. The van der Waals surface area contributed by atoms with Crippen molar-refractivity contribution in [3.63, 3.8) is 0 Å². The number of amides is 2. The molecule has 2 amide bonds. The van der Waals surface area contributed by atoms with E-state index in [0.717, 1.165) is 57.4 Å². The lowest BCUT2D eigenvalue weighted by Gasteiger charge is -2.37. The Morgan fingerprint density at radius 3 is 2.00 bits per heavy atom. The lowest BCUT2D eigenvalue weighted by molar-refractivity contribution is -0.134. The third-order valence-electron chi connectivity index (χ3n) is 5.35. The summed E-state index contributed by atoms with van der Waals surface area (Å²) in [5, 5.41) is 0. The summed E-state index contributed by atoms with van der Waals surface area (Å²) in [6.07, 6.45) is 6.41. The van der Waals surface area contributed by atoms with Crippen molar-refractivity contribution in [2.24, 2.45) is 5.92 Å². The Hall–Kier alpha value is -1.36. The van der Waals surface area contributed by atoms with Crippen LogP contribution in [0.15, 0.2) is 11.6 Å². The molecule has 2 saturated heterocycles. The number of hydrogen-bond acceptors (Lipinski definition) is 3. The second-order valence-corrected chi connectivity index (χ2v) is 7.77. The molecule has 2 heterocycles. The monoisotopic (exact) mass is 335 g/mol. The number of nitrogens with zero attached hydrogens (tertiary/aromatic N) is 3. The Labute approximate surface area is 146 Å². The van der Waals surface area contributed by atoms with E-state index in [0.29, 0.717) is 24.3 Å². The van der Waals surface area contributed by atoms with Gasteiger partial charge < -0.3 is 14.7 Å². The van der Waals surface area contributed by atoms with E-state index in [1.807, 2.05) is 23.6 Å². The Morgan fingerprint density at radius 2 is 1.50 bits per heavy atom. The molecule has 0 aromatic rings. The number of carbonyl (C=O) groups is 2. The summed E-state index contributed by atoms with van der Waals surface area (Å²) >= 11 is 0. The number of piperidine rings is 2. The van der Waals surface area contributed by atoms with Crippen LogP contribution < -0.4 is 0 Å². The van der Waals surface area contributed by atoms with Gasteiger partial charge in [0.25, 0.3) is 0 Å². The summed E-state index contributed by atoms with van der Waals surface area (Å²) in [5.41, 5.74) is 1.04. The molecule has 2 aliphatic rings. The minimum atomic E-state index is 0.116. The van der Waals surface area contributed by atoms with Crippen molar-refractivity contribution in [3.05, 3.63) is 11.6 Å². The molecular weight excluding hydrogens is 302 g/mol. The molecule has 5 nitrogen and oxygen atoms in total. The van der Waals surface area contributed by atoms with Gasteiger partial charge in [-0.1, -0.05) is 5.57 Å². The van der Waals surface area contributed by atoms with Crippen molar-refractivity contribution in [1.82, 2.24) is 14.7 Å². The maximum Gasteiger partial charge on any atom is 0.246 e. The van der Waals surface area contributed by atoms with E-state index < -0.39 is 0 Å². The fourth-order valence-electron chi connectivity index (χ4n) is 3.70. The predicted molar refractivity (Wildman–Crippen MR) is 96.6 cm³/mol. The Balaban J connectivity index is 1.73. The van der Waals surface area contributed by atoms with Gasteiger partial charge in [-0.15, -0.1) is 0 Å². The van der Waals surface area contributed by atoms with Gasteiger partial charge in [-0.2, -0.15) is 0 Å². The summed E-state index contributed by atoms with van der Waals surface area (Å²) < 4.78 is 0. The number of likely N-dealkylation sites (tertiary alicyclic amines) is 2. The smallest absolute Gasteiger partial charge is 0.246 e. The Bertz CT molecular complexity index is 467. The predicted octanol–water partition coefficient (Wildman–Crippen LogP) is 2.13. The normalized spacial score (nSPS) is 20.4. The molecule has 0 bridgehead atoms. The molecule has 0 radical (unpaired) electrons. The zero-order chi connectivity index (χ0) is 17.7. The topological polar surface area (TPSA) is 43.9 Å². The van der Waals surface area contributed by atoms with Gasteiger partial charge >= 0.3 is 0 Å². The van der Waals surface area contributed by atoms with Crippen LogP contribution in [-0.4, -0.2) is 72.8 Å². The maximum absolute atomic E-state index is 12.5. The molecule has 0 aliphatic carbocycles. The molecule has 2 rings (SSSR count). The highest BCUT2D eigenvalue weighted by molar-refractivity contribution is 5.88. The van der Waals surface area contributed by atoms with Crippen LogP contribution in [0.2, 0.25) is 0 Å². The Morgan fingerprint density at radius 1 is 0.958 bits per heavy atom. The fraction of sp³-hybridized carbons (Fsp3) is 0.789. The van der Waals surface area contributed by atoms with E-state index in [2.05, 4.69) is 19.0 Å². The van der Waals surface area contributed by atoms with E-state index in [1.165, 1.54) is 0 Å². The molecule has 0 aromatic carbocycles. The minimum absolute atomic E-state index is 0.116. The van der Waals surface area contributed by atoms with Gasteiger partial charge in [0, 0.05) is 44.7 Å². The molecule has 2 fully saturated rings. The largest absolute Gasteiger partial charge is 0.343 e. The van der Waals surface area contributed by atoms with E-state index in [-0.39, 0.29) is 5.91 Å². The molecule has 0 N–H and O–H groups in total. The quantitative estimate of drug-likeness (QED) is 0.739. The first-order valence-electron chi connectivity index (χ1n) is 9.25. The van der Waals surface area contributed by atoms with Crippen LogP contribution in [0.5, 0.6) is 0 Å². The summed E-state index contributed by atoms with van der Waals surface area (Å²) in [7, 11) is 4.24. The van der Waals surface area contributed by atoms with E-state index in [1.54, 1.807) is 6.08 Å². The zero-order valence-corrected chi connectivity index (χ0v) is 15.8. The number of carbonyl (C=O) groups excluding carboxylic acids is 2. The fourth-order valence-corrected chi connectivity index (χ4v) is 3.70. The van der Waals surface area contributed by atoms with Crippen molar-refractivity contribution < 1.29 is 9.59 Å². The standard InChI is InChI=1S/C19H33N3O2/c1-15(2)13-18(23)21-9-5-16(6-10-21)14-19(24)22-11-7-17(8-12-22)20(3)4/h13,16-17H,5-12,14H2,1-4H3. The molecule has 5 heteroatoms. The van der Waals surface area contributed by atoms with E-state index in [9.17, 15) is 9.59 Å². The molecular formula is C19H33N3O2. The molecule has 0 unspecified atom stereocenters. The summed E-state index contributed by atoms with van der Waals surface area (Å²) in [4.78, 5) is 30.8. The van der Waals surface area contributed by atoms with Crippen LogP contribution >= 0.6 is 0 Å². The maximum atomic E-state index is 12.5. The SMILES string of the molecule is CC(C)=CC(=O)N1CCC(CC(=O)N2CCC(N(C)C)CC2)CC1. The van der Waals surface area contributed by atoms with Crippen molar-refractivity contribution in [2.45, 2.75) is 52.0 Å². The van der Waals surface area contributed by atoms with Gasteiger partial charge in [0.05, 0.1) is 0 Å². The first-order chi connectivity index (χ1) is 11.4. The number of hydrogen-bond donors (Lipinski definition) is 0. The molecule has 0 spiro atoms. The first-order valence-corrected chi connectivity index (χ1v) is 9.25. The summed E-state index contributed by atoms with van der Waals surface area (Å²) in [6.45, 7) is 7.23. The average molecular weight is 335 g/mol. The molecule has 2 aliphatic heterocycles. The zero-order valence-electron chi connectivity index (χ0n) is 15.8. The van der Waals surface area contributed by atoms with Gasteiger partial charge in [-0.05, 0) is 59.5 Å². The van der Waals surface area contributed by atoms with Crippen molar-refractivity contribution in [1.29, 1.82) is 0 Å². The van der Waals surface area contributed by atoms with Crippen molar-refractivity contribution in [2.75, 3.05) is 40.3 Å². The van der Waals surface area contributed by atoms with Gasteiger partial charge in [-0.3, -0.25) is 9.59 Å². The highest BCUT2D eigenvalue weighted by atomic mass is 16.2. The van der Waals surface area contributed by atoms with Gasteiger partial charge in [0.2, 0.25) is 11.8 Å². The third kappa shape index (κ3) is 5.33. The van der Waals surface area contributed by atoms with Gasteiger partial charge in [0.15, 0.2) is 0 Å². The highest BCUT2D eigenvalue weighted by Gasteiger charge is 2.28. The van der Waals surface area contributed by atoms with Crippen LogP contribution in [0.1, 0.15) is 46.0 Å². The molecule has 136 valence electrons. The summed E-state index contributed by atoms with van der Waals surface area (Å²) in [5.74, 6) is 0.853. The van der Waals surface area contributed by atoms with Crippen LogP contribution in [0, 0.1) is 5.92 Å². The summed E-state index contributed by atoms with van der Waals surface area (Å²) in [6, 6.07) is 0.610. The number of allylic oxidation sites excluding steroid dienone is 1. The van der Waals surface area contributed by atoms with Crippen LogP contribution in [0.4, 0.5) is 0 Å².